The van der Waals surface area contributed by atoms with Crippen LogP contribution in [-0.4, -0.2) is 11.6 Å². The van der Waals surface area contributed by atoms with Crippen LogP contribution >= 0.6 is 11.3 Å². The summed E-state index contributed by atoms with van der Waals surface area (Å²) in [7, 11) is 0. The van der Waals surface area contributed by atoms with Gasteiger partial charge in [-0.25, -0.2) is 0 Å². The fourth-order valence-electron chi connectivity index (χ4n) is 2.37. The Hall–Kier alpha value is -2.20. The van der Waals surface area contributed by atoms with Gasteiger partial charge in [0.2, 0.25) is 0 Å². The molecule has 2 aromatic rings. The lowest BCUT2D eigenvalue weighted by atomic mass is 9.85. The summed E-state index contributed by atoms with van der Waals surface area (Å²) >= 11 is 1.62. The number of hydrazone groups is 1. The maximum absolute atomic E-state index is 12.8. The topological polar surface area (TPSA) is 32.7 Å². The second-order valence-electron chi connectivity index (χ2n) is 6.27. The van der Waals surface area contributed by atoms with Gasteiger partial charge in [0.25, 0.3) is 5.91 Å². The monoisotopic (exact) mass is 310 g/mol. The van der Waals surface area contributed by atoms with Gasteiger partial charge in [-0.1, -0.05) is 39.0 Å². The Morgan fingerprint density at radius 2 is 1.86 bits per heavy atom. The Labute approximate surface area is 134 Å². The molecule has 0 aliphatic carbocycles. The number of amides is 1. The van der Waals surface area contributed by atoms with Gasteiger partial charge in [0.15, 0.2) is 0 Å². The molecule has 1 aliphatic heterocycles. The molecule has 22 heavy (non-hydrogen) atoms. The summed E-state index contributed by atoms with van der Waals surface area (Å²) in [5.41, 5.74) is 3.15. The van der Waals surface area contributed by atoms with Gasteiger partial charge in [-0.3, -0.25) is 4.79 Å². The van der Waals surface area contributed by atoms with Gasteiger partial charge in [-0.15, -0.1) is 0 Å². The lowest BCUT2D eigenvalue weighted by Crippen LogP contribution is -2.23. The average molecular weight is 310 g/mol. The van der Waals surface area contributed by atoms with E-state index >= 15 is 0 Å². The molecule has 0 bridgehead atoms. The molecule has 3 rings (SSSR count). The van der Waals surface area contributed by atoms with E-state index in [9.17, 15) is 4.79 Å². The lowest BCUT2D eigenvalue weighted by Gasteiger charge is -2.17. The van der Waals surface area contributed by atoms with Gasteiger partial charge in [0.05, 0.1) is 17.0 Å². The van der Waals surface area contributed by atoms with E-state index in [-0.39, 0.29) is 11.3 Å². The van der Waals surface area contributed by atoms with E-state index in [1.165, 1.54) is 5.01 Å². The molecule has 2 heterocycles. The number of hydrogen-bond acceptors (Lipinski definition) is 3. The summed E-state index contributed by atoms with van der Waals surface area (Å²) in [5.74, 6) is -0.0673. The molecule has 3 nitrogen and oxygen atoms in total. The summed E-state index contributed by atoms with van der Waals surface area (Å²) < 4.78 is 0. The van der Waals surface area contributed by atoms with Crippen LogP contribution < -0.4 is 5.01 Å². The molecule has 1 aliphatic rings. The van der Waals surface area contributed by atoms with Crippen LogP contribution in [-0.2, 0) is 4.79 Å². The van der Waals surface area contributed by atoms with E-state index in [0.717, 1.165) is 17.0 Å². The molecule has 0 unspecified atom stereocenters. The highest BCUT2D eigenvalue weighted by molar-refractivity contribution is 7.08. The Morgan fingerprint density at radius 3 is 2.45 bits per heavy atom. The van der Waals surface area contributed by atoms with Crippen molar-refractivity contribution in [2.45, 2.75) is 20.8 Å². The summed E-state index contributed by atoms with van der Waals surface area (Å²) in [6.45, 7) is 6.24. The molecule has 0 fully saturated rings. The molecule has 0 spiro atoms. The molecule has 4 heteroatoms. The first-order valence-corrected chi connectivity index (χ1v) is 8.14. The van der Waals surface area contributed by atoms with Crippen LogP contribution in [0, 0.1) is 5.41 Å². The van der Waals surface area contributed by atoms with Crippen LogP contribution in [0.5, 0.6) is 0 Å². The Kier molecular flexibility index (Phi) is 3.71. The smallest absolute Gasteiger partial charge is 0.267 e. The third-order valence-electron chi connectivity index (χ3n) is 3.44. The second kappa shape index (κ2) is 5.54. The van der Waals surface area contributed by atoms with E-state index < -0.39 is 0 Å². The molecule has 112 valence electrons. The number of carbonyl (C=O) groups is 1. The lowest BCUT2D eigenvalue weighted by molar-refractivity contribution is -0.114. The van der Waals surface area contributed by atoms with Crippen molar-refractivity contribution in [1.82, 2.24) is 0 Å². The number of rotatable bonds is 2. The van der Waals surface area contributed by atoms with Gasteiger partial charge in [0, 0.05) is 5.41 Å². The van der Waals surface area contributed by atoms with Crippen LogP contribution in [0.2, 0.25) is 0 Å². The van der Waals surface area contributed by atoms with Gasteiger partial charge < -0.3 is 0 Å². The third kappa shape index (κ3) is 2.74. The maximum atomic E-state index is 12.8. The number of benzene rings is 1. The van der Waals surface area contributed by atoms with Gasteiger partial charge in [-0.2, -0.15) is 21.4 Å². The molecule has 0 N–H and O–H groups in total. The van der Waals surface area contributed by atoms with Crippen molar-refractivity contribution >= 4 is 34.7 Å². The van der Waals surface area contributed by atoms with Crippen molar-refractivity contribution in [2.75, 3.05) is 5.01 Å². The molecule has 1 aromatic carbocycles. The number of hydrogen-bond donors (Lipinski definition) is 0. The summed E-state index contributed by atoms with van der Waals surface area (Å²) in [6, 6.07) is 11.6. The van der Waals surface area contributed by atoms with E-state index in [1.54, 1.807) is 11.3 Å². The Morgan fingerprint density at radius 1 is 1.14 bits per heavy atom. The van der Waals surface area contributed by atoms with E-state index in [4.69, 9.17) is 0 Å². The molecule has 0 saturated carbocycles. The second-order valence-corrected chi connectivity index (χ2v) is 7.05. The highest BCUT2D eigenvalue weighted by Crippen LogP contribution is 2.32. The zero-order chi connectivity index (χ0) is 15.7. The van der Waals surface area contributed by atoms with Crippen molar-refractivity contribution in [3.05, 3.63) is 58.3 Å². The number of thiophene rings is 1. The fraction of sp³-hybridized carbons (Fsp3) is 0.222. The summed E-state index contributed by atoms with van der Waals surface area (Å²) in [4.78, 5) is 12.8. The van der Waals surface area contributed by atoms with E-state index in [0.29, 0.717) is 5.57 Å². The number of nitrogens with zero attached hydrogens (tertiary/aromatic N) is 2. The highest BCUT2D eigenvalue weighted by Gasteiger charge is 2.36. The number of anilines is 1. The van der Waals surface area contributed by atoms with Crippen molar-refractivity contribution in [1.29, 1.82) is 0 Å². The van der Waals surface area contributed by atoms with E-state index in [2.05, 4.69) is 25.9 Å². The highest BCUT2D eigenvalue weighted by atomic mass is 32.1. The fourth-order valence-corrected chi connectivity index (χ4v) is 2.98. The first-order chi connectivity index (χ1) is 10.5. The molecular weight excluding hydrogens is 292 g/mol. The molecule has 0 saturated heterocycles. The molecule has 1 aromatic heterocycles. The Bertz CT molecular complexity index is 737. The molecule has 0 radical (unpaired) electrons. The average Bonchev–Trinajstić information content (AvgIpc) is 3.09. The van der Waals surface area contributed by atoms with Crippen molar-refractivity contribution in [2.24, 2.45) is 10.5 Å². The van der Waals surface area contributed by atoms with Crippen LogP contribution in [0.1, 0.15) is 26.3 Å². The van der Waals surface area contributed by atoms with Crippen LogP contribution in [0.15, 0.2) is 57.8 Å². The largest absolute Gasteiger partial charge is 0.280 e. The SMILES string of the molecule is CC(C)(C)C1=NN(c2ccccc2)C(=O)/C1=C/c1ccsc1. The van der Waals surface area contributed by atoms with Gasteiger partial charge >= 0.3 is 0 Å². The van der Waals surface area contributed by atoms with Crippen molar-refractivity contribution in [3.8, 4) is 0 Å². The van der Waals surface area contributed by atoms with Crippen LogP contribution in [0.4, 0.5) is 5.69 Å². The first kappa shape index (κ1) is 14.7. The first-order valence-electron chi connectivity index (χ1n) is 7.20. The Balaban J connectivity index is 2.07. The van der Waals surface area contributed by atoms with Crippen molar-refractivity contribution < 1.29 is 4.79 Å². The quantitative estimate of drug-likeness (QED) is 0.747. The minimum atomic E-state index is -0.193. The van der Waals surface area contributed by atoms with Gasteiger partial charge in [0.1, 0.15) is 0 Å². The number of para-hydroxylation sites is 1. The minimum absolute atomic E-state index is 0.0673. The van der Waals surface area contributed by atoms with Crippen molar-refractivity contribution in [3.63, 3.8) is 0 Å². The molecule has 1 amide bonds. The summed E-state index contributed by atoms with van der Waals surface area (Å²) in [6.07, 6.45) is 1.94. The zero-order valence-corrected chi connectivity index (χ0v) is 13.7. The zero-order valence-electron chi connectivity index (χ0n) is 12.9. The maximum Gasteiger partial charge on any atom is 0.280 e. The summed E-state index contributed by atoms with van der Waals surface area (Å²) in [5, 5.41) is 10.1. The van der Waals surface area contributed by atoms with E-state index in [1.807, 2.05) is 53.2 Å². The van der Waals surface area contributed by atoms with Gasteiger partial charge in [-0.05, 0) is 40.6 Å². The predicted molar refractivity (Wildman–Crippen MR) is 93.1 cm³/mol. The minimum Gasteiger partial charge on any atom is -0.267 e. The van der Waals surface area contributed by atoms with Crippen LogP contribution in [0.25, 0.3) is 6.08 Å². The normalized spacial score (nSPS) is 17.2. The molecular formula is C18H18N2OS. The number of carbonyl (C=O) groups excluding carboxylic acids is 1. The van der Waals surface area contributed by atoms with Crippen LogP contribution in [0.3, 0.4) is 0 Å². The third-order valence-corrected chi connectivity index (χ3v) is 4.14. The molecule has 0 atom stereocenters. The standard InChI is InChI=1S/C18H18N2OS/c1-18(2,3)16-15(11-13-9-10-22-12-13)17(21)20(19-16)14-7-5-4-6-8-14/h4-12H,1-3H3/b15-11+. The predicted octanol–water partition coefficient (Wildman–Crippen LogP) is 4.58.